The topological polar surface area (TPSA) is 68.0 Å². The number of carbonyl (C=O) groups is 1. The monoisotopic (exact) mass is 213 g/mol. The van der Waals surface area contributed by atoms with Gasteiger partial charge in [0.25, 0.3) is 0 Å². The molecule has 1 amide bonds. The highest BCUT2D eigenvalue weighted by Crippen LogP contribution is 2.15. The van der Waals surface area contributed by atoms with Crippen LogP contribution in [0.2, 0.25) is 0 Å². The number of carbonyl (C=O) groups excluding carboxylic acids is 1. The van der Waals surface area contributed by atoms with Crippen LogP contribution >= 0.6 is 11.3 Å². The normalized spacial score (nSPS) is 12.5. The van der Waals surface area contributed by atoms with Crippen LogP contribution < -0.4 is 11.1 Å². The van der Waals surface area contributed by atoms with Crippen LogP contribution in [0.5, 0.6) is 0 Å². The quantitative estimate of drug-likeness (QED) is 0.783. The fourth-order valence-electron chi connectivity index (χ4n) is 1.10. The Morgan fingerprint density at radius 1 is 1.79 bits per heavy atom. The van der Waals surface area contributed by atoms with Crippen LogP contribution in [-0.2, 0) is 4.79 Å². The second-order valence-corrected chi connectivity index (χ2v) is 4.18. The number of hydrogen-bond acceptors (Lipinski definition) is 4. The summed E-state index contributed by atoms with van der Waals surface area (Å²) in [6.07, 6.45) is 0.369. The summed E-state index contributed by atoms with van der Waals surface area (Å²) in [6, 6.07) is -0.0287. The standard InChI is InChI=1S/C9H15N3OS/c1-6(11-9(13)3-4-10)8-5-14-7(2)12-8/h5-6H,3-4,10H2,1-2H3,(H,11,13). The fraction of sp³-hybridized carbons (Fsp3) is 0.556. The number of nitrogens with one attached hydrogen (secondary N) is 1. The summed E-state index contributed by atoms with van der Waals surface area (Å²) in [7, 11) is 0. The minimum absolute atomic E-state index is 0.0225. The first kappa shape index (κ1) is 11.1. The molecule has 0 saturated carbocycles. The lowest BCUT2D eigenvalue weighted by atomic mass is 10.2. The Bertz CT molecular complexity index is 311. The zero-order chi connectivity index (χ0) is 10.6. The highest BCUT2D eigenvalue weighted by atomic mass is 32.1. The van der Waals surface area contributed by atoms with Crippen molar-refractivity contribution in [3.05, 3.63) is 16.1 Å². The van der Waals surface area contributed by atoms with Gasteiger partial charge >= 0.3 is 0 Å². The van der Waals surface area contributed by atoms with Crippen molar-refractivity contribution >= 4 is 17.2 Å². The smallest absolute Gasteiger partial charge is 0.221 e. The maximum absolute atomic E-state index is 11.2. The van der Waals surface area contributed by atoms with E-state index in [1.54, 1.807) is 11.3 Å². The molecule has 14 heavy (non-hydrogen) atoms. The van der Waals surface area contributed by atoms with Crippen LogP contribution in [0.4, 0.5) is 0 Å². The van der Waals surface area contributed by atoms with Crippen LogP contribution in [-0.4, -0.2) is 17.4 Å². The third kappa shape index (κ3) is 3.08. The summed E-state index contributed by atoms with van der Waals surface area (Å²) < 4.78 is 0. The number of thiazole rings is 1. The van der Waals surface area contributed by atoms with Crippen molar-refractivity contribution in [2.45, 2.75) is 26.3 Å². The molecule has 78 valence electrons. The van der Waals surface area contributed by atoms with E-state index in [1.807, 2.05) is 19.2 Å². The molecule has 0 fully saturated rings. The van der Waals surface area contributed by atoms with Gasteiger partial charge in [-0.25, -0.2) is 4.98 Å². The maximum Gasteiger partial charge on any atom is 0.221 e. The zero-order valence-corrected chi connectivity index (χ0v) is 9.23. The number of aryl methyl sites for hydroxylation is 1. The molecular formula is C9H15N3OS. The molecular weight excluding hydrogens is 198 g/mol. The average molecular weight is 213 g/mol. The van der Waals surface area contributed by atoms with Crippen molar-refractivity contribution in [1.29, 1.82) is 0 Å². The molecule has 5 heteroatoms. The first-order valence-corrected chi connectivity index (χ1v) is 5.43. The molecule has 0 bridgehead atoms. The SMILES string of the molecule is Cc1nc(C(C)NC(=O)CCN)cs1. The first-order chi connectivity index (χ1) is 6.63. The molecule has 0 aliphatic carbocycles. The lowest BCUT2D eigenvalue weighted by molar-refractivity contribution is -0.121. The van der Waals surface area contributed by atoms with Gasteiger partial charge in [-0.3, -0.25) is 4.79 Å². The molecule has 0 spiro atoms. The van der Waals surface area contributed by atoms with E-state index in [-0.39, 0.29) is 11.9 Å². The van der Waals surface area contributed by atoms with Gasteiger partial charge in [-0.1, -0.05) is 0 Å². The van der Waals surface area contributed by atoms with Crippen molar-refractivity contribution < 1.29 is 4.79 Å². The lowest BCUT2D eigenvalue weighted by Gasteiger charge is -2.10. The number of nitrogens with two attached hydrogens (primary N) is 1. The largest absolute Gasteiger partial charge is 0.348 e. The first-order valence-electron chi connectivity index (χ1n) is 4.55. The molecule has 0 saturated heterocycles. The summed E-state index contributed by atoms with van der Waals surface area (Å²) in [4.78, 5) is 15.5. The Balaban J connectivity index is 2.50. The van der Waals surface area contributed by atoms with Gasteiger partial charge in [0, 0.05) is 18.3 Å². The number of hydrogen-bond donors (Lipinski definition) is 2. The van der Waals surface area contributed by atoms with Crippen LogP contribution in [0.15, 0.2) is 5.38 Å². The number of rotatable bonds is 4. The Morgan fingerprint density at radius 3 is 3.00 bits per heavy atom. The average Bonchev–Trinajstić information content (AvgIpc) is 2.52. The van der Waals surface area contributed by atoms with Crippen LogP contribution in [0.25, 0.3) is 0 Å². The van der Waals surface area contributed by atoms with Gasteiger partial charge in [0.05, 0.1) is 16.7 Å². The highest BCUT2D eigenvalue weighted by molar-refractivity contribution is 7.09. The Kier molecular flexibility index (Phi) is 4.03. The lowest BCUT2D eigenvalue weighted by Crippen LogP contribution is -2.28. The van der Waals surface area contributed by atoms with E-state index in [2.05, 4.69) is 10.3 Å². The van der Waals surface area contributed by atoms with E-state index in [4.69, 9.17) is 5.73 Å². The van der Waals surface area contributed by atoms with Gasteiger partial charge in [0.15, 0.2) is 0 Å². The highest BCUT2D eigenvalue weighted by Gasteiger charge is 2.10. The Morgan fingerprint density at radius 2 is 2.50 bits per heavy atom. The molecule has 1 heterocycles. The summed E-state index contributed by atoms with van der Waals surface area (Å²) >= 11 is 1.59. The van der Waals surface area contributed by atoms with Crippen molar-refractivity contribution in [1.82, 2.24) is 10.3 Å². The van der Waals surface area contributed by atoms with E-state index >= 15 is 0 Å². The van der Waals surface area contributed by atoms with Gasteiger partial charge < -0.3 is 11.1 Å². The summed E-state index contributed by atoms with van der Waals surface area (Å²) in [5.41, 5.74) is 6.19. The number of amides is 1. The molecule has 1 unspecified atom stereocenters. The number of aromatic nitrogens is 1. The summed E-state index contributed by atoms with van der Waals surface area (Å²) in [6.45, 7) is 4.25. The van der Waals surface area contributed by atoms with Gasteiger partial charge in [0.1, 0.15) is 0 Å². The second-order valence-electron chi connectivity index (χ2n) is 3.12. The van der Waals surface area contributed by atoms with E-state index in [0.717, 1.165) is 10.7 Å². The predicted octanol–water partition coefficient (Wildman–Crippen LogP) is 0.978. The molecule has 0 aliphatic rings. The summed E-state index contributed by atoms with van der Waals surface area (Å²) in [5.74, 6) is -0.0225. The van der Waals surface area contributed by atoms with Crippen molar-refractivity contribution in [3.63, 3.8) is 0 Å². The summed E-state index contributed by atoms with van der Waals surface area (Å²) in [5, 5.41) is 5.81. The maximum atomic E-state index is 11.2. The van der Waals surface area contributed by atoms with Crippen molar-refractivity contribution in [2.24, 2.45) is 5.73 Å². The Hall–Kier alpha value is -0.940. The fourth-order valence-corrected chi connectivity index (χ4v) is 1.80. The van der Waals surface area contributed by atoms with E-state index in [9.17, 15) is 4.79 Å². The number of nitrogens with zero attached hydrogens (tertiary/aromatic N) is 1. The molecule has 0 radical (unpaired) electrons. The van der Waals surface area contributed by atoms with E-state index < -0.39 is 0 Å². The van der Waals surface area contributed by atoms with E-state index in [1.165, 1.54) is 0 Å². The van der Waals surface area contributed by atoms with Crippen LogP contribution in [0.1, 0.15) is 30.1 Å². The second kappa shape index (κ2) is 5.07. The minimum Gasteiger partial charge on any atom is -0.348 e. The Labute approximate surface area is 87.5 Å². The minimum atomic E-state index is -0.0287. The molecule has 1 atom stereocenters. The molecule has 4 nitrogen and oxygen atoms in total. The molecule has 1 rings (SSSR count). The third-order valence-electron chi connectivity index (χ3n) is 1.83. The van der Waals surface area contributed by atoms with Crippen molar-refractivity contribution in [2.75, 3.05) is 6.54 Å². The van der Waals surface area contributed by atoms with Crippen LogP contribution in [0, 0.1) is 6.92 Å². The third-order valence-corrected chi connectivity index (χ3v) is 2.62. The van der Waals surface area contributed by atoms with Crippen molar-refractivity contribution in [3.8, 4) is 0 Å². The predicted molar refractivity (Wildman–Crippen MR) is 57.1 cm³/mol. The molecule has 3 N–H and O–H groups in total. The van der Waals surface area contributed by atoms with Gasteiger partial charge in [-0.2, -0.15) is 0 Å². The van der Waals surface area contributed by atoms with E-state index in [0.29, 0.717) is 13.0 Å². The van der Waals surface area contributed by atoms with Gasteiger partial charge in [-0.05, 0) is 13.8 Å². The molecule has 0 aliphatic heterocycles. The molecule has 0 aromatic carbocycles. The van der Waals surface area contributed by atoms with Gasteiger partial charge in [0.2, 0.25) is 5.91 Å². The molecule has 1 aromatic rings. The van der Waals surface area contributed by atoms with Gasteiger partial charge in [-0.15, -0.1) is 11.3 Å². The van der Waals surface area contributed by atoms with Crippen LogP contribution in [0.3, 0.4) is 0 Å². The molecule has 1 aromatic heterocycles. The zero-order valence-electron chi connectivity index (χ0n) is 8.41.